The third-order valence-electron chi connectivity index (χ3n) is 3.75. The molecule has 2 atom stereocenters. The van der Waals surface area contributed by atoms with E-state index in [0.717, 1.165) is 35.5 Å². The summed E-state index contributed by atoms with van der Waals surface area (Å²) in [4.78, 5) is 0. The summed E-state index contributed by atoms with van der Waals surface area (Å²) in [5.41, 5.74) is 7.81. The van der Waals surface area contributed by atoms with Gasteiger partial charge in [0.1, 0.15) is 11.5 Å². The van der Waals surface area contributed by atoms with Crippen LogP contribution in [-0.2, 0) is 22.4 Å². The summed E-state index contributed by atoms with van der Waals surface area (Å²) in [6.45, 7) is 2.62. The molecule has 4 nitrogen and oxygen atoms in total. The normalized spacial score (nSPS) is 13.5. The largest absolute Gasteiger partial charge is 0.457 e. The zero-order valence-electron chi connectivity index (χ0n) is 14.1. The first-order valence-electron chi connectivity index (χ1n) is 8.03. The maximum absolute atomic E-state index is 6.05. The summed E-state index contributed by atoms with van der Waals surface area (Å²) < 4.78 is 17.0. The summed E-state index contributed by atoms with van der Waals surface area (Å²) in [7, 11) is 1.61. The van der Waals surface area contributed by atoms with Crippen LogP contribution < -0.4 is 10.5 Å². The van der Waals surface area contributed by atoms with Gasteiger partial charge >= 0.3 is 0 Å². The van der Waals surface area contributed by atoms with Crippen LogP contribution in [0.2, 0.25) is 0 Å². The second-order valence-electron chi connectivity index (χ2n) is 5.44. The minimum Gasteiger partial charge on any atom is -0.457 e. The van der Waals surface area contributed by atoms with Crippen molar-refractivity contribution in [2.75, 3.05) is 7.11 Å². The van der Waals surface area contributed by atoms with Crippen LogP contribution in [0, 0.1) is 0 Å². The zero-order valence-corrected chi connectivity index (χ0v) is 15.7. The topological polar surface area (TPSA) is 53.7 Å². The average molecular weight is 394 g/mol. The lowest BCUT2D eigenvalue weighted by Crippen LogP contribution is -2.21. The van der Waals surface area contributed by atoms with E-state index in [2.05, 4.69) is 28.9 Å². The Kier molecular flexibility index (Phi) is 7.72. The van der Waals surface area contributed by atoms with Gasteiger partial charge in [0.25, 0.3) is 0 Å². The van der Waals surface area contributed by atoms with E-state index in [1.165, 1.54) is 0 Å². The fourth-order valence-electron chi connectivity index (χ4n) is 2.33. The van der Waals surface area contributed by atoms with E-state index in [-0.39, 0.29) is 6.10 Å². The third-order valence-corrected chi connectivity index (χ3v) is 4.34. The van der Waals surface area contributed by atoms with Crippen LogP contribution in [-0.4, -0.2) is 18.4 Å². The third kappa shape index (κ3) is 5.60. The predicted molar refractivity (Wildman–Crippen MR) is 99.4 cm³/mol. The van der Waals surface area contributed by atoms with E-state index in [0.29, 0.717) is 6.54 Å². The molecule has 5 heteroatoms. The highest BCUT2D eigenvalue weighted by Crippen LogP contribution is 2.27. The number of nitrogens with two attached hydrogens (primary N) is 1. The summed E-state index contributed by atoms with van der Waals surface area (Å²) in [6.07, 6.45) is 1.67. The van der Waals surface area contributed by atoms with Gasteiger partial charge in [-0.3, -0.25) is 0 Å². The Morgan fingerprint density at radius 3 is 2.42 bits per heavy atom. The van der Waals surface area contributed by atoms with Gasteiger partial charge in [-0.15, -0.1) is 0 Å². The minimum atomic E-state index is -0.403. The smallest absolute Gasteiger partial charge is 0.215 e. The molecule has 0 heterocycles. The van der Waals surface area contributed by atoms with E-state index < -0.39 is 5.20 Å². The molecule has 0 saturated carbocycles. The highest BCUT2D eigenvalue weighted by Gasteiger charge is 2.15. The molecule has 2 N–H and O–H groups in total. The molecule has 2 aromatic carbocycles. The van der Waals surface area contributed by atoms with Gasteiger partial charge in [0.2, 0.25) is 5.20 Å². The molecule has 0 bridgehead atoms. The molecule has 130 valence electrons. The maximum Gasteiger partial charge on any atom is 0.215 e. The Hall–Kier alpha value is -1.40. The number of methoxy groups -OCH3 is 1. The summed E-state index contributed by atoms with van der Waals surface area (Å²) >= 11 is 3.33. The average Bonchev–Trinajstić information content (AvgIpc) is 2.63. The molecule has 0 spiro atoms. The van der Waals surface area contributed by atoms with Crippen molar-refractivity contribution in [2.45, 2.75) is 37.6 Å². The lowest BCUT2D eigenvalue weighted by atomic mass is 10.1. The van der Waals surface area contributed by atoms with Gasteiger partial charge in [-0.25, -0.2) is 0 Å². The summed E-state index contributed by atoms with van der Waals surface area (Å²) in [6, 6.07) is 15.8. The van der Waals surface area contributed by atoms with Gasteiger partial charge in [0, 0.05) is 20.1 Å². The Balaban J connectivity index is 2.10. The van der Waals surface area contributed by atoms with E-state index in [9.17, 15) is 0 Å². The van der Waals surface area contributed by atoms with Gasteiger partial charge < -0.3 is 19.9 Å². The minimum absolute atomic E-state index is 0.0405. The number of ether oxygens (including phenoxy) is 3. The number of hydrogen-bond donors (Lipinski definition) is 1. The Bertz CT molecular complexity index is 618. The fraction of sp³-hybridized carbons (Fsp3) is 0.368. The van der Waals surface area contributed by atoms with Crippen molar-refractivity contribution in [2.24, 2.45) is 5.73 Å². The second-order valence-corrected chi connectivity index (χ2v) is 6.19. The number of alkyl halides is 1. The van der Waals surface area contributed by atoms with Crippen molar-refractivity contribution in [1.29, 1.82) is 0 Å². The molecule has 0 fully saturated rings. The van der Waals surface area contributed by atoms with E-state index in [1.54, 1.807) is 7.11 Å². The van der Waals surface area contributed by atoms with Crippen LogP contribution in [0.4, 0.5) is 0 Å². The van der Waals surface area contributed by atoms with Crippen LogP contribution in [0.15, 0.2) is 48.5 Å². The predicted octanol–water partition coefficient (Wildman–Crippen LogP) is 4.60. The SMILES string of the molecule is CCC(Cc1ccccc1Oc1ccc(CN)cc1)OC(Br)OC. The molecule has 0 aliphatic heterocycles. The summed E-state index contributed by atoms with van der Waals surface area (Å²) in [5, 5.41) is -0.403. The maximum atomic E-state index is 6.05. The van der Waals surface area contributed by atoms with Crippen molar-refractivity contribution in [3.05, 3.63) is 59.7 Å². The number of hydrogen-bond acceptors (Lipinski definition) is 4. The number of para-hydroxylation sites is 1. The second kappa shape index (κ2) is 9.79. The van der Waals surface area contributed by atoms with Crippen LogP contribution in [0.25, 0.3) is 0 Å². The monoisotopic (exact) mass is 393 g/mol. The molecule has 2 unspecified atom stereocenters. The molecular weight excluding hydrogens is 370 g/mol. The first-order chi connectivity index (χ1) is 11.7. The standard InChI is InChI=1S/C19H24BrNO3/c1-3-16(24-19(20)22-2)12-15-6-4-5-7-18(15)23-17-10-8-14(13-21)9-11-17/h4-11,16,19H,3,12-13,21H2,1-2H3. The van der Waals surface area contributed by atoms with Gasteiger partial charge in [0.05, 0.1) is 6.10 Å². The molecule has 2 rings (SSSR count). The Morgan fingerprint density at radius 1 is 1.08 bits per heavy atom. The van der Waals surface area contributed by atoms with Crippen molar-refractivity contribution in [3.63, 3.8) is 0 Å². The van der Waals surface area contributed by atoms with E-state index in [4.69, 9.17) is 19.9 Å². The van der Waals surface area contributed by atoms with Crippen molar-refractivity contribution in [1.82, 2.24) is 0 Å². The quantitative estimate of drug-likeness (QED) is 0.499. The molecule has 24 heavy (non-hydrogen) atoms. The number of benzene rings is 2. The molecule has 0 saturated heterocycles. The molecular formula is C19H24BrNO3. The zero-order chi connectivity index (χ0) is 17.4. The van der Waals surface area contributed by atoms with Gasteiger partial charge in [-0.05, 0) is 51.7 Å². The molecule has 2 aromatic rings. The first-order valence-corrected chi connectivity index (χ1v) is 8.95. The van der Waals surface area contributed by atoms with Gasteiger partial charge in [-0.2, -0.15) is 0 Å². The fourth-order valence-corrected chi connectivity index (χ4v) is 2.64. The molecule has 0 aliphatic carbocycles. The number of halogens is 1. The van der Waals surface area contributed by atoms with E-state index >= 15 is 0 Å². The highest BCUT2D eigenvalue weighted by atomic mass is 79.9. The van der Waals surface area contributed by atoms with Crippen LogP contribution >= 0.6 is 15.9 Å². The highest BCUT2D eigenvalue weighted by molar-refractivity contribution is 9.09. The first kappa shape index (κ1) is 18.9. The summed E-state index contributed by atoms with van der Waals surface area (Å²) in [5.74, 6) is 1.63. The van der Waals surface area contributed by atoms with Crippen molar-refractivity contribution >= 4 is 15.9 Å². The molecule has 0 aromatic heterocycles. The van der Waals surface area contributed by atoms with Crippen LogP contribution in [0.1, 0.15) is 24.5 Å². The van der Waals surface area contributed by atoms with Crippen LogP contribution in [0.3, 0.4) is 0 Å². The molecule has 0 amide bonds. The van der Waals surface area contributed by atoms with Gasteiger partial charge in [0.15, 0.2) is 0 Å². The lowest BCUT2D eigenvalue weighted by molar-refractivity contribution is -0.0941. The van der Waals surface area contributed by atoms with Crippen LogP contribution in [0.5, 0.6) is 11.5 Å². The Labute approximate surface area is 152 Å². The lowest BCUT2D eigenvalue weighted by Gasteiger charge is -2.20. The molecule has 0 radical (unpaired) electrons. The Morgan fingerprint density at radius 2 is 1.79 bits per heavy atom. The van der Waals surface area contributed by atoms with Crippen molar-refractivity contribution < 1.29 is 14.2 Å². The van der Waals surface area contributed by atoms with Crippen molar-refractivity contribution in [3.8, 4) is 11.5 Å². The van der Waals surface area contributed by atoms with E-state index in [1.807, 2.05) is 42.5 Å². The molecule has 0 aliphatic rings. The van der Waals surface area contributed by atoms with Gasteiger partial charge in [-0.1, -0.05) is 37.3 Å². The number of rotatable bonds is 9.